The molecule has 3 N–H and O–H groups in total. The Hall–Kier alpha value is -3.91. The summed E-state index contributed by atoms with van der Waals surface area (Å²) < 4.78 is 0. The van der Waals surface area contributed by atoms with Gasteiger partial charge < -0.3 is 15.5 Å². The summed E-state index contributed by atoms with van der Waals surface area (Å²) in [6.07, 6.45) is 0. The molecule has 2 aliphatic rings. The maximum Gasteiger partial charge on any atom is 0.334 e. The van der Waals surface area contributed by atoms with Crippen LogP contribution in [0.3, 0.4) is 0 Å². The van der Waals surface area contributed by atoms with Crippen LogP contribution in [0.15, 0.2) is 71.1 Å². The van der Waals surface area contributed by atoms with Crippen molar-refractivity contribution >= 4 is 35.4 Å². The first kappa shape index (κ1) is 21.3. The van der Waals surface area contributed by atoms with Gasteiger partial charge >= 0.3 is 11.9 Å². The molecule has 4 rings (SSSR count). The number of hydrogen-bond donors (Lipinski definition) is 3. The average Bonchev–Trinajstić information content (AvgIpc) is 2.98. The molecule has 0 bridgehead atoms. The number of carboxylic acids is 2. The van der Waals surface area contributed by atoms with Crippen LogP contribution in [-0.2, 0) is 9.59 Å². The highest BCUT2D eigenvalue weighted by atomic mass is 35.5. The number of imide groups is 1. The predicted molar refractivity (Wildman–Crippen MR) is 114 cm³/mol. The lowest BCUT2D eigenvalue weighted by molar-refractivity contribution is -0.133. The van der Waals surface area contributed by atoms with Crippen molar-refractivity contribution in [3.8, 4) is 0 Å². The molecule has 1 unspecified atom stereocenters. The third kappa shape index (κ3) is 3.34. The van der Waals surface area contributed by atoms with E-state index in [1.807, 2.05) is 0 Å². The first-order valence-corrected chi connectivity index (χ1v) is 9.97. The lowest BCUT2D eigenvalue weighted by atomic mass is 9.80. The summed E-state index contributed by atoms with van der Waals surface area (Å²) in [5.41, 5.74) is 0.515. The molecule has 0 aliphatic carbocycles. The highest BCUT2D eigenvalue weighted by Crippen LogP contribution is 2.41. The molecule has 2 amide bonds. The molecule has 0 spiro atoms. The van der Waals surface area contributed by atoms with Crippen molar-refractivity contribution < 1.29 is 29.4 Å². The number of amides is 2. The minimum absolute atomic E-state index is 0.0411. The number of aliphatic carboxylic acids is 2. The minimum Gasteiger partial charge on any atom is -0.478 e. The second-order valence-electron chi connectivity index (χ2n) is 7.36. The van der Waals surface area contributed by atoms with E-state index >= 15 is 0 Å². The monoisotopic (exact) mass is 452 g/mol. The molecular weight excluding hydrogens is 436 g/mol. The van der Waals surface area contributed by atoms with Crippen molar-refractivity contribution in [1.82, 2.24) is 10.2 Å². The van der Waals surface area contributed by atoms with Crippen LogP contribution in [0.5, 0.6) is 0 Å². The molecule has 32 heavy (non-hydrogen) atoms. The van der Waals surface area contributed by atoms with Gasteiger partial charge in [-0.1, -0.05) is 41.9 Å². The summed E-state index contributed by atoms with van der Waals surface area (Å²) in [6, 6.07) is 12.7. The van der Waals surface area contributed by atoms with Gasteiger partial charge in [0.1, 0.15) is 0 Å². The average molecular weight is 453 g/mol. The summed E-state index contributed by atoms with van der Waals surface area (Å²) in [4.78, 5) is 50.9. The largest absolute Gasteiger partial charge is 0.478 e. The molecule has 2 aliphatic heterocycles. The molecule has 8 nitrogen and oxygen atoms in total. The topological polar surface area (TPSA) is 124 Å². The fourth-order valence-corrected chi connectivity index (χ4v) is 4.36. The van der Waals surface area contributed by atoms with E-state index in [1.54, 1.807) is 30.3 Å². The van der Waals surface area contributed by atoms with Gasteiger partial charge in [0.15, 0.2) is 0 Å². The number of allylic oxidation sites excluding steroid dienone is 1. The zero-order valence-electron chi connectivity index (χ0n) is 16.8. The Balaban J connectivity index is 1.85. The fraction of sp³-hybridized carbons (Fsp3) is 0.130. The van der Waals surface area contributed by atoms with E-state index in [4.69, 9.17) is 11.6 Å². The molecule has 2 aromatic rings. The Morgan fingerprint density at radius 3 is 2.00 bits per heavy atom. The number of benzene rings is 2. The number of dihydropyridines is 1. The summed E-state index contributed by atoms with van der Waals surface area (Å²) in [5.74, 6) is -5.00. The third-order valence-corrected chi connectivity index (χ3v) is 5.86. The van der Waals surface area contributed by atoms with Crippen LogP contribution in [0, 0.1) is 0 Å². The van der Waals surface area contributed by atoms with Gasteiger partial charge in [0.25, 0.3) is 11.8 Å². The van der Waals surface area contributed by atoms with E-state index in [9.17, 15) is 29.4 Å². The normalized spacial score (nSPS) is 18.1. The van der Waals surface area contributed by atoms with E-state index in [-0.39, 0.29) is 45.2 Å². The Morgan fingerprint density at radius 2 is 1.47 bits per heavy atom. The van der Waals surface area contributed by atoms with Gasteiger partial charge in [-0.3, -0.25) is 14.5 Å². The molecule has 0 aromatic heterocycles. The van der Waals surface area contributed by atoms with Crippen LogP contribution in [0.1, 0.15) is 39.1 Å². The molecule has 2 heterocycles. The van der Waals surface area contributed by atoms with Crippen molar-refractivity contribution in [2.24, 2.45) is 0 Å². The van der Waals surface area contributed by atoms with E-state index in [2.05, 4.69) is 5.32 Å². The summed E-state index contributed by atoms with van der Waals surface area (Å²) in [7, 11) is 0. The molecule has 162 valence electrons. The standard InChI is InChI=1S/C23H17ClN2O6/c1-11-17(22(29)30)18(14-8-4-5-9-15(14)24)19(23(31)32)16(25-11)10-26-20(27)12-6-2-3-7-13(12)21(26)28/h2-9,18,25H,10H2,1H3,(H,29,30)(H,31,32). The van der Waals surface area contributed by atoms with Crippen LogP contribution in [-0.4, -0.2) is 45.4 Å². The molecule has 1 atom stereocenters. The van der Waals surface area contributed by atoms with E-state index < -0.39 is 29.7 Å². The Bertz CT molecular complexity index is 1230. The summed E-state index contributed by atoms with van der Waals surface area (Å²) in [6.45, 7) is 1.13. The number of hydrogen-bond acceptors (Lipinski definition) is 5. The van der Waals surface area contributed by atoms with Crippen LogP contribution >= 0.6 is 11.6 Å². The first-order valence-electron chi connectivity index (χ1n) is 9.59. The molecule has 0 radical (unpaired) electrons. The molecule has 0 saturated carbocycles. The van der Waals surface area contributed by atoms with Crippen LogP contribution in [0.25, 0.3) is 0 Å². The SMILES string of the molecule is CC1=C(C(=O)O)C(c2ccccc2Cl)C(C(=O)O)=C(CN2C(=O)c3ccccc3C2=O)N1. The van der Waals surface area contributed by atoms with Gasteiger partial charge in [-0.15, -0.1) is 0 Å². The summed E-state index contributed by atoms with van der Waals surface area (Å²) in [5, 5.41) is 22.9. The smallest absolute Gasteiger partial charge is 0.334 e. The van der Waals surface area contributed by atoms with Crippen LogP contribution < -0.4 is 5.32 Å². The first-order chi connectivity index (χ1) is 15.2. The lowest BCUT2D eigenvalue weighted by Gasteiger charge is -2.31. The van der Waals surface area contributed by atoms with E-state index in [0.29, 0.717) is 5.56 Å². The maximum absolute atomic E-state index is 12.8. The number of carboxylic acid groups (broad SMARTS) is 2. The highest BCUT2D eigenvalue weighted by molar-refractivity contribution is 6.31. The van der Waals surface area contributed by atoms with Crippen molar-refractivity contribution in [2.75, 3.05) is 6.54 Å². The van der Waals surface area contributed by atoms with Crippen molar-refractivity contribution in [3.05, 3.63) is 92.8 Å². The Labute approximate surface area is 187 Å². The number of carbonyl (C=O) groups excluding carboxylic acids is 2. The number of nitrogens with one attached hydrogen (secondary N) is 1. The zero-order valence-corrected chi connectivity index (χ0v) is 17.5. The molecule has 9 heteroatoms. The fourth-order valence-electron chi connectivity index (χ4n) is 4.12. The number of halogens is 1. The van der Waals surface area contributed by atoms with Crippen molar-refractivity contribution in [2.45, 2.75) is 12.8 Å². The van der Waals surface area contributed by atoms with Gasteiger partial charge in [-0.25, -0.2) is 9.59 Å². The van der Waals surface area contributed by atoms with Crippen LogP contribution in [0.4, 0.5) is 0 Å². The van der Waals surface area contributed by atoms with Gasteiger partial charge in [0.2, 0.25) is 0 Å². The maximum atomic E-state index is 12.8. The second-order valence-corrected chi connectivity index (χ2v) is 7.77. The number of rotatable bonds is 5. The van der Waals surface area contributed by atoms with Gasteiger partial charge in [-0.05, 0) is 30.7 Å². The number of nitrogens with zero attached hydrogens (tertiary/aromatic N) is 1. The Morgan fingerprint density at radius 1 is 0.938 bits per heavy atom. The van der Waals surface area contributed by atoms with Gasteiger partial charge in [0.05, 0.1) is 34.7 Å². The molecule has 0 fully saturated rings. The predicted octanol–water partition coefficient (Wildman–Crippen LogP) is 3.02. The second kappa shape index (κ2) is 7.97. The van der Waals surface area contributed by atoms with E-state index in [1.165, 1.54) is 25.1 Å². The Kier molecular flexibility index (Phi) is 5.31. The van der Waals surface area contributed by atoms with E-state index in [0.717, 1.165) is 4.90 Å². The van der Waals surface area contributed by atoms with Crippen molar-refractivity contribution in [3.63, 3.8) is 0 Å². The zero-order chi connectivity index (χ0) is 23.2. The molecular formula is C23H17ClN2O6. The molecule has 2 aromatic carbocycles. The number of fused-ring (bicyclic) bond motifs is 1. The molecule has 0 saturated heterocycles. The lowest BCUT2D eigenvalue weighted by Crippen LogP contribution is -2.40. The highest BCUT2D eigenvalue weighted by Gasteiger charge is 2.41. The van der Waals surface area contributed by atoms with Crippen molar-refractivity contribution in [1.29, 1.82) is 0 Å². The van der Waals surface area contributed by atoms with Gasteiger partial charge in [0, 0.05) is 16.4 Å². The van der Waals surface area contributed by atoms with Gasteiger partial charge in [-0.2, -0.15) is 0 Å². The number of carbonyl (C=O) groups is 4. The quantitative estimate of drug-likeness (QED) is 0.595. The minimum atomic E-state index is -1.39. The third-order valence-electron chi connectivity index (χ3n) is 5.52. The summed E-state index contributed by atoms with van der Waals surface area (Å²) >= 11 is 6.30. The van der Waals surface area contributed by atoms with Crippen LogP contribution in [0.2, 0.25) is 5.02 Å².